The maximum absolute atomic E-state index is 5.86. The van der Waals surface area contributed by atoms with Gasteiger partial charge in [-0.1, -0.05) is 12.2 Å². The minimum absolute atomic E-state index is 0.461. The van der Waals surface area contributed by atoms with Gasteiger partial charge in [-0.3, -0.25) is 4.90 Å². The Morgan fingerprint density at radius 2 is 1.94 bits per heavy atom. The largest absolute Gasteiger partial charge is 0.378 e. The fourth-order valence-corrected chi connectivity index (χ4v) is 2.82. The van der Waals surface area contributed by atoms with Crippen LogP contribution in [0.2, 0.25) is 0 Å². The van der Waals surface area contributed by atoms with Crippen LogP contribution in [0.25, 0.3) is 0 Å². The first-order valence-corrected chi connectivity index (χ1v) is 6.36. The highest BCUT2D eigenvalue weighted by atomic mass is 16.5. The van der Waals surface area contributed by atoms with Gasteiger partial charge in [0.2, 0.25) is 0 Å². The van der Waals surface area contributed by atoms with Crippen LogP contribution in [-0.2, 0) is 4.74 Å². The predicted molar refractivity (Wildman–Crippen MR) is 67.5 cm³/mol. The van der Waals surface area contributed by atoms with Crippen LogP contribution in [-0.4, -0.2) is 37.2 Å². The van der Waals surface area contributed by atoms with Crippen molar-refractivity contribution >= 4 is 0 Å². The van der Waals surface area contributed by atoms with Gasteiger partial charge in [-0.25, -0.2) is 0 Å². The number of rotatable bonds is 7. The van der Waals surface area contributed by atoms with E-state index in [1.54, 1.807) is 0 Å². The Bertz CT molecular complexity index is 241. The molecule has 1 atom stereocenters. The molecule has 16 heavy (non-hydrogen) atoms. The summed E-state index contributed by atoms with van der Waals surface area (Å²) < 4.78 is 5.86. The van der Waals surface area contributed by atoms with Crippen molar-refractivity contribution in [3.8, 4) is 0 Å². The van der Waals surface area contributed by atoms with Crippen LogP contribution in [0, 0.1) is 5.41 Å². The molecule has 1 aliphatic heterocycles. The minimum Gasteiger partial charge on any atom is -0.378 e. The Morgan fingerprint density at radius 1 is 1.25 bits per heavy atom. The normalized spacial score (nSPS) is 26.9. The molecule has 0 amide bonds. The smallest absolute Gasteiger partial charge is 0.0644 e. The van der Waals surface area contributed by atoms with E-state index in [-0.39, 0.29) is 0 Å². The minimum atomic E-state index is 0.461. The third-order valence-corrected chi connectivity index (χ3v) is 3.82. The number of ether oxygens (including phenoxy) is 1. The number of nitrogens with zero attached hydrogens (tertiary/aromatic N) is 1. The molecule has 2 rings (SSSR count). The third kappa shape index (κ3) is 2.55. The van der Waals surface area contributed by atoms with Crippen LogP contribution in [0.5, 0.6) is 0 Å². The molecule has 1 saturated heterocycles. The lowest BCUT2D eigenvalue weighted by molar-refractivity contribution is 0.0360. The van der Waals surface area contributed by atoms with E-state index >= 15 is 0 Å². The zero-order valence-corrected chi connectivity index (χ0v) is 10.2. The molecule has 90 valence electrons. The molecular formula is C14H23NO. The van der Waals surface area contributed by atoms with Crippen LogP contribution in [0.4, 0.5) is 0 Å². The van der Waals surface area contributed by atoms with Gasteiger partial charge < -0.3 is 4.74 Å². The first-order valence-electron chi connectivity index (χ1n) is 6.36. The van der Waals surface area contributed by atoms with Gasteiger partial charge in [-0.2, -0.15) is 0 Å². The summed E-state index contributed by atoms with van der Waals surface area (Å²) in [6.07, 6.45) is 9.66. The van der Waals surface area contributed by atoms with Gasteiger partial charge in [0, 0.05) is 31.7 Å². The van der Waals surface area contributed by atoms with Crippen LogP contribution in [0.3, 0.4) is 0 Å². The summed E-state index contributed by atoms with van der Waals surface area (Å²) in [7, 11) is 0. The summed E-state index contributed by atoms with van der Waals surface area (Å²) in [6, 6.07) is 0. The molecule has 2 fully saturated rings. The summed E-state index contributed by atoms with van der Waals surface area (Å²) in [4.78, 5) is 2.43. The second kappa shape index (κ2) is 5.15. The van der Waals surface area contributed by atoms with Gasteiger partial charge in [-0.05, 0) is 25.7 Å². The molecule has 0 radical (unpaired) electrons. The predicted octanol–water partition coefficient (Wildman–Crippen LogP) is 2.62. The van der Waals surface area contributed by atoms with E-state index in [2.05, 4.69) is 18.1 Å². The average Bonchev–Trinajstić information content (AvgIpc) is 2.84. The van der Waals surface area contributed by atoms with Crippen molar-refractivity contribution in [1.29, 1.82) is 0 Å². The molecule has 2 heteroatoms. The SMILES string of the molecule is C=CCN(CC=C)CC1(C2CCCO2)CC1. The lowest BCUT2D eigenvalue weighted by Crippen LogP contribution is -2.36. The zero-order valence-electron chi connectivity index (χ0n) is 10.2. The molecule has 0 bridgehead atoms. The first-order chi connectivity index (χ1) is 7.80. The zero-order chi connectivity index (χ0) is 11.4. The molecule has 0 N–H and O–H groups in total. The van der Waals surface area contributed by atoms with E-state index < -0.39 is 0 Å². The number of hydrogen-bond acceptors (Lipinski definition) is 2. The van der Waals surface area contributed by atoms with Gasteiger partial charge in [0.1, 0.15) is 0 Å². The van der Waals surface area contributed by atoms with Crippen molar-refractivity contribution in [3.05, 3.63) is 25.3 Å². The standard InChI is InChI=1S/C14H23NO/c1-3-9-15(10-4-2)12-14(7-8-14)13-6-5-11-16-13/h3-4,13H,1-2,5-12H2. The van der Waals surface area contributed by atoms with E-state index in [1.807, 2.05) is 12.2 Å². The fraction of sp³-hybridized carbons (Fsp3) is 0.714. The van der Waals surface area contributed by atoms with Crippen LogP contribution in [0.1, 0.15) is 25.7 Å². The Morgan fingerprint density at radius 3 is 2.38 bits per heavy atom. The first kappa shape index (κ1) is 11.9. The van der Waals surface area contributed by atoms with Gasteiger partial charge in [-0.15, -0.1) is 13.2 Å². The number of hydrogen-bond donors (Lipinski definition) is 0. The summed E-state index contributed by atoms with van der Waals surface area (Å²) >= 11 is 0. The molecule has 1 unspecified atom stereocenters. The lowest BCUT2D eigenvalue weighted by atomic mass is 9.96. The Kier molecular flexibility index (Phi) is 3.82. The van der Waals surface area contributed by atoms with E-state index in [0.29, 0.717) is 11.5 Å². The summed E-state index contributed by atoms with van der Waals surface area (Å²) in [6.45, 7) is 11.7. The van der Waals surface area contributed by atoms with E-state index in [1.165, 1.54) is 25.7 Å². The highest BCUT2D eigenvalue weighted by Gasteiger charge is 2.51. The third-order valence-electron chi connectivity index (χ3n) is 3.82. The summed E-state index contributed by atoms with van der Waals surface area (Å²) in [5.74, 6) is 0. The second-order valence-electron chi connectivity index (χ2n) is 5.14. The quantitative estimate of drug-likeness (QED) is 0.613. The molecule has 0 aromatic carbocycles. The van der Waals surface area contributed by atoms with Gasteiger partial charge >= 0.3 is 0 Å². The van der Waals surface area contributed by atoms with Crippen molar-refractivity contribution in [2.24, 2.45) is 5.41 Å². The molecule has 2 nitrogen and oxygen atoms in total. The summed E-state index contributed by atoms with van der Waals surface area (Å²) in [5, 5.41) is 0. The van der Waals surface area contributed by atoms with Gasteiger partial charge in [0.25, 0.3) is 0 Å². The highest BCUT2D eigenvalue weighted by Crippen LogP contribution is 2.53. The second-order valence-corrected chi connectivity index (χ2v) is 5.14. The van der Waals surface area contributed by atoms with Crippen LogP contribution in [0.15, 0.2) is 25.3 Å². The van der Waals surface area contributed by atoms with Crippen LogP contribution < -0.4 is 0 Å². The molecule has 1 heterocycles. The van der Waals surface area contributed by atoms with Crippen molar-refractivity contribution in [1.82, 2.24) is 4.90 Å². The molecule has 0 aromatic rings. The van der Waals surface area contributed by atoms with E-state index in [4.69, 9.17) is 4.74 Å². The Balaban J connectivity index is 1.90. The molecule has 2 aliphatic rings. The van der Waals surface area contributed by atoms with Gasteiger partial charge in [0.05, 0.1) is 6.10 Å². The summed E-state index contributed by atoms with van der Waals surface area (Å²) in [5.41, 5.74) is 0.461. The van der Waals surface area contributed by atoms with Crippen molar-refractivity contribution in [2.45, 2.75) is 31.8 Å². The van der Waals surface area contributed by atoms with Crippen LogP contribution >= 0.6 is 0 Å². The average molecular weight is 221 g/mol. The van der Waals surface area contributed by atoms with Crippen molar-refractivity contribution in [2.75, 3.05) is 26.2 Å². The fourth-order valence-electron chi connectivity index (χ4n) is 2.82. The molecule has 1 saturated carbocycles. The monoisotopic (exact) mass is 221 g/mol. The maximum atomic E-state index is 5.86. The topological polar surface area (TPSA) is 12.5 Å². The lowest BCUT2D eigenvalue weighted by Gasteiger charge is -2.29. The molecular weight excluding hydrogens is 198 g/mol. The maximum Gasteiger partial charge on any atom is 0.0644 e. The van der Waals surface area contributed by atoms with E-state index in [0.717, 1.165) is 26.2 Å². The molecule has 0 spiro atoms. The Labute approximate surface area is 99.0 Å². The van der Waals surface area contributed by atoms with E-state index in [9.17, 15) is 0 Å². The Hall–Kier alpha value is -0.600. The molecule has 1 aliphatic carbocycles. The van der Waals surface area contributed by atoms with Crippen molar-refractivity contribution in [3.63, 3.8) is 0 Å². The molecule has 0 aromatic heterocycles. The highest BCUT2D eigenvalue weighted by molar-refractivity contribution is 5.03. The van der Waals surface area contributed by atoms with Crippen molar-refractivity contribution < 1.29 is 4.74 Å². The van der Waals surface area contributed by atoms with Gasteiger partial charge in [0.15, 0.2) is 0 Å².